The summed E-state index contributed by atoms with van der Waals surface area (Å²) in [6.07, 6.45) is 0.291. The summed E-state index contributed by atoms with van der Waals surface area (Å²) in [5, 5.41) is 9.33. The normalized spacial score (nSPS) is 16.2. The molecule has 5 rings (SSSR count). The third-order valence-corrected chi connectivity index (χ3v) is 6.77. The van der Waals surface area contributed by atoms with Crippen molar-refractivity contribution < 1.29 is 4.79 Å². The van der Waals surface area contributed by atoms with E-state index in [1.807, 2.05) is 43.3 Å². The van der Waals surface area contributed by atoms with Crippen LogP contribution in [0.4, 0.5) is 5.82 Å². The van der Waals surface area contributed by atoms with Gasteiger partial charge < -0.3 is 5.32 Å². The van der Waals surface area contributed by atoms with Crippen molar-refractivity contribution in [2.75, 3.05) is 5.32 Å². The molecule has 0 spiro atoms. The van der Waals surface area contributed by atoms with Gasteiger partial charge in [0, 0.05) is 17.9 Å². The van der Waals surface area contributed by atoms with Crippen molar-refractivity contribution in [3.05, 3.63) is 69.3 Å². The lowest BCUT2D eigenvalue weighted by Crippen LogP contribution is -2.25. The largest absolute Gasteiger partial charge is 0.310 e. The van der Waals surface area contributed by atoms with E-state index in [1.54, 1.807) is 10.7 Å². The average molecular weight is 429 g/mol. The molecule has 1 amide bonds. The number of para-hydroxylation sites is 1. The summed E-state index contributed by atoms with van der Waals surface area (Å²) in [6.45, 7) is 1.94. The summed E-state index contributed by atoms with van der Waals surface area (Å²) >= 11 is 14.2. The first-order valence-corrected chi connectivity index (χ1v) is 10.3. The van der Waals surface area contributed by atoms with Gasteiger partial charge in [-0.15, -0.1) is 0 Å². The van der Waals surface area contributed by atoms with Gasteiger partial charge in [-0.05, 0) is 30.7 Å². The van der Waals surface area contributed by atoms with Crippen LogP contribution in [0.1, 0.15) is 29.2 Å². The fourth-order valence-electron chi connectivity index (χ4n) is 3.69. The number of nitrogens with zero attached hydrogens (tertiary/aromatic N) is 3. The number of aromatic nitrogens is 3. The summed E-state index contributed by atoms with van der Waals surface area (Å²) in [5.41, 5.74) is 3.51. The molecule has 1 atom stereocenters. The number of anilines is 1. The number of hydrogen-bond acceptors (Lipinski definition) is 4. The molecule has 0 aliphatic carbocycles. The Morgan fingerprint density at radius 1 is 1.18 bits per heavy atom. The number of carbonyl (C=O) groups excluding carboxylic acids is 1. The molecule has 0 unspecified atom stereocenters. The molecular weight excluding hydrogens is 415 g/mol. The van der Waals surface area contributed by atoms with Crippen LogP contribution >= 0.6 is 34.5 Å². The second kappa shape index (κ2) is 6.58. The van der Waals surface area contributed by atoms with Crippen LogP contribution in [-0.4, -0.2) is 20.7 Å². The van der Waals surface area contributed by atoms with Gasteiger partial charge >= 0.3 is 0 Å². The molecule has 0 bridgehead atoms. The van der Waals surface area contributed by atoms with Gasteiger partial charge in [0.05, 0.1) is 26.0 Å². The molecule has 1 N–H and O–H groups in total. The number of rotatable bonds is 2. The van der Waals surface area contributed by atoms with E-state index in [-0.39, 0.29) is 11.8 Å². The smallest absolute Gasteiger partial charge is 0.226 e. The van der Waals surface area contributed by atoms with Crippen molar-refractivity contribution in [1.29, 1.82) is 0 Å². The number of fused-ring (bicyclic) bond motifs is 2. The van der Waals surface area contributed by atoms with Crippen LogP contribution in [0.5, 0.6) is 0 Å². The maximum absolute atomic E-state index is 12.5. The Balaban J connectivity index is 1.70. The highest BCUT2D eigenvalue weighted by Gasteiger charge is 2.34. The highest BCUT2D eigenvalue weighted by molar-refractivity contribution is 7.20. The summed E-state index contributed by atoms with van der Waals surface area (Å²) in [6, 6.07) is 13.4. The van der Waals surface area contributed by atoms with Gasteiger partial charge in [-0.1, -0.05) is 58.8 Å². The number of thiazole rings is 1. The fraction of sp³-hybridized carbons (Fsp3) is 0.150. The molecule has 140 valence electrons. The van der Waals surface area contributed by atoms with Crippen molar-refractivity contribution in [2.45, 2.75) is 19.3 Å². The molecule has 8 heteroatoms. The third-order valence-electron chi connectivity index (χ3n) is 4.92. The van der Waals surface area contributed by atoms with Gasteiger partial charge in [-0.2, -0.15) is 9.78 Å². The second-order valence-corrected chi connectivity index (χ2v) is 8.47. The van der Waals surface area contributed by atoms with Crippen LogP contribution in [0.25, 0.3) is 15.3 Å². The van der Waals surface area contributed by atoms with Crippen LogP contribution in [0.2, 0.25) is 10.0 Å². The number of carbonyl (C=O) groups is 1. The number of hydrogen-bond donors (Lipinski definition) is 1. The van der Waals surface area contributed by atoms with Crippen molar-refractivity contribution in [3.63, 3.8) is 0 Å². The maximum atomic E-state index is 12.5. The van der Waals surface area contributed by atoms with E-state index in [1.165, 1.54) is 11.3 Å². The molecule has 4 aromatic rings. The van der Waals surface area contributed by atoms with Gasteiger partial charge in [0.25, 0.3) is 0 Å². The summed E-state index contributed by atoms with van der Waals surface area (Å²) in [4.78, 5) is 17.2. The van der Waals surface area contributed by atoms with Gasteiger partial charge in [0.15, 0.2) is 0 Å². The van der Waals surface area contributed by atoms with Crippen molar-refractivity contribution in [1.82, 2.24) is 14.8 Å². The lowest BCUT2D eigenvalue weighted by atomic mass is 9.86. The number of benzene rings is 2. The standard InChI is InChI=1S/C20H14Cl2N4OS/c1-10-17-12(11-5-4-6-13(21)18(11)22)9-16(27)24-19(17)26(25-10)20-23-14-7-2-3-8-15(14)28-20/h2-8,12H,9H2,1H3,(H,24,27)/t12-/m0/s1. The Labute approximate surface area is 174 Å². The van der Waals surface area contributed by atoms with Crippen LogP contribution in [-0.2, 0) is 4.79 Å². The second-order valence-electron chi connectivity index (χ2n) is 6.67. The number of halogens is 2. The van der Waals surface area contributed by atoms with Gasteiger partial charge in [0.2, 0.25) is 11.0 Å². The molecule has 0 saturated carbocycles. The lowest BCUT2D eigenvalue weighted by Gasteiger charge is -2.25. The first-order valence-electron chi connectivity index (χ1n) is 8.72. The fourth-order valence-corrected chi connectivity index (χ4v) is 5.06. The Hall–Kier alpha value is -2.41. The molecule has 2 aromatic heterocycles. The van der Waals surface area contributed by atoms with Gasteiger partial charge in [-0.3, -0.25) is 4.79 Å². The zero-order valence-electron chi connectivity index (χ0n) is 14.7. The minimum atomic E-state index is -0.210. The van der Waals surface area contributed by atoms with E-state index < -0.39 is 0 Å². The SMILES string of the molecule is Cc1nn(-c2nc3ccccc3s2)c2c1[C@H](c1cccc(Cl)c1Cl)CC(=O)N2. The number of amides is 1. The molecule has 28 heavy (non-hydrogen) atoms. The predicted octanol–water partition coefficient (Wildman–Crippen LogP) is 5.57. The Kier molecular flexibility index (Phi) is 4.16. The monoisotopic (exact) mass is 428 g/mol. The van der Waals surface area contributed by atoms with Gasteiger partial charge in [0.1, 0.15) is 5.82 Å². The average Bonchev–Trinajstić information content (AvgIpc) is 3.24. The van der Waals surface area contributed by atoms with E-state index in [0.717, 1.165) is 27.0 Å². The quantitative estimate of drug-likeness (QED) is 0.453. The minimum absolute atomic E-state index is 0.0872. The Bertz CT molecular complexity index is 1210. The summed E-state index contributed by atoms with van der Waals surface area (Å²) < 4.78 is 2.79. The van der Waals surface area contributed by atoms with E-state index in [0.29, 0.717) is 27.4 Å². The van der Waals surface area contributed by atoms with E-state index in [9.17, 15) is 4.79 Å². The molecule has 1 aliphatic heterocycles. The molecule has 0 saturated heterocycles. The Morgan fingerprint density at radius 2 is 2.00 bits per heavy atom. The Morgan fingerprint density at radius 3 is 2.82 bits per heavy atom. The van der Waals surface area contributed by atoms with Crippen molar-refractivity contribution in [3.8, 4) is 5.13 Å². The lowest BCUT2D eigenvalue weighted by molar-refractivity contribution is -0.116. The number of nitrogens with one attached hydrogen (secondary N) is 1. The zero-order chi connectivity index (χ0) is 19.4. The molecular formula is C20H14Cl2N4OS. The molecule has 5 nitrogen and oxygen atoms in total. The molecule has 0 fully saturated rings. The summed E-state index contributed by atoms with van der Waals surface area (Å²) in [7, 11) is 0. The van der Waals surface area contributed by atoms with E-state index in [2.05, 4.69) is 10.3 Å². The number of aryl methyl sites for hydroxylation is 1. The third kappa shape index (κ3) is 2.71. The van der Waals surface area contributed by atoms with Gasteiger partial charge in [-0.25, -0.2) is 4.98 Å². The van der Waals surface area contributed by atoms with Crippen molar-refractivity contribution in [2.24, 2.45) is 0 Å². The first-order chi connectivity index (χ1) is 13.5. The molecule has 1 aliphatic rings. The summed E-state index contributed by atoms with van der Waals surface area (Å²) in [5.74, 6) is 0.350. The van der Waals surface area contributed by atoms with E-state index >= 15 is 0 Å². The van der Waals surface area contributed by atoms with Crippen LogP contribution in [0.3, 0.4) is 0 Å². The van der Waals surface area contributed by atoms with Crippen LogP contribution in [0.15, 0.2) is 42.5 Å². The molecule has 2 aromatic carbocycles. The van der Waals surface area contributed by atoms with E-state index in [4.69, 9.17) is 28.3 Å². The maximum Gasteiger partial charge on any atom is 0.226 e. The zero-order valence-corrected chi connectivity index (χ0v) is 17.1. The molecule has 0 radical (unpaired) electrons. The van der Waals surface area contributed by atoms with Crippen LogP contribution in [0, 0.1) is 6.92 Å². The first kappa shape index (κ1) is 17.7. The van der Waals surface area contributed by atoms with Crippen molar-refractivity contribution >= 4 is 56.5 Å². The predicted molar refractivity (Wildman–Crippen MR) is 113 cm³/mol. The minimum Gasteiger partial charge on any atom is -0.310 e. The highest BCUT2D eigenvalue weighted by Crippen LogP contribution is 2.44. The highest BCUT2D eigenvalue weighted by atomic mass is 35.5. The van der Waals surface area contributed by atoms with Crippen LogP contribution < -0.4 is 5.32 Å². The molecule has 3 heterocycles. The topological polar surface area (TPSA) is 59.8 Å².